The predicted octanol–water partition coefficient (Wildman–Crippen LogP) is 18.0. The van der Waals surface area contributed by atoms with Crippen LogP contribution in [0.3, 0.4) is 0 Å². The molecule has 0 saturated carbocycles. The Morgan fingerprint density at radius 3 is 1.22 bits per heavy atom. The van der Waals surface area contributed by atoms with Crippen LogP contribution in [0.4, 0.5) is 0 Å². The lowest BCUT2D eigenvalue weighted by Gasteiger charge is -2.26. The zero-order valence-electron chi connectivity index (χ0n) is 47.1. The van der Waals surface area contributed by atoms with Gasteiger partial charge in [0.2, 0.25) is 5.91 Å². The van der Waals surface area contributed by atoms with Crippen molar-refractivity contribution in [1.82, 2.24) is 5.32 Å². The molecule has 0 heterocycles. The molecule has 0 fully saturated rings. The third-order valence-corrected chi connectivity index (χ3v) is 13.5. The molecule has 1 amide bonds. The topological polar surface area (TPSA) is 105 Å². The van der Waals surface area contributed by atoms with Crippen LogP contribution in [0.25, 0.3) is 0 Å². The fraction of sp³-hybridized carbons (Fsp3) is 0.698. The van der Waals surface area contributed by atoms with E-state index in [-0.39, 0.29) is 19.1 Å². The van der Waals surface area contributed by atoms with Crippen LogP contribution in [0.2, 0.25) is 0 Å². The van der Waals surface area contributed by atoms with Crippen LogP contribution >= 0.6 is 7.82 Å². The quantitative estimate of drug-likeness (QED) is 0.0243. The summed E-state index contributed by atoms with van der Waals surface area (Å²) in [5.74, 6) is -0.159. The van der Waals surface area contributed by atoms with Crippen LogP contribution in [-0.2, 0) is 18.4 Å². The van der Waals surface area contributed by atoms with Gasteiger partial charge < -0.3 is 19.8 Å². The molecule has 0 aromatic rings. The third-order valence-electron chi connectivity index (χ3n) is 12.5. The van der Waals surface area contributed by atoms with Gasteiger partial charge in [-0.15, -0.1) is 0 Å². The van der Waals surface area contributed by atoms with Crippen molar-refractivity contribution >= 4 is 13.7 Å². The smallest absolute Gasteiger partial charge is 0.391 e. The molecule has 0 radical (unpaired) electrons. The Labute approximate surface area is 444 Å². The lowest BCUT2D eigenvalue weighted by atomic mass is 10.0. The number of likely N-dealkylation sites (N-methyl/N-ethyl adjacent to an activating group) is 1. The zero-order chi connectivity index (χ0) is 52.7. The highest BCUT2D eigenvalue weighted by Gasteiger charge is 2.28. The maximum atomic E-state index is 13.0. The first-order chi connectivity index (χ1) is 35.0. The first-order valence-electron chi connectivity index (χ1n) is 29.3. The Bertz CT molecular complexity index is 1540. The average Bonchev–Trinajstić information content (AvgIpc) is 3.34. The Morgan fingerprint density at radius 2 is 0.833 bits per heavy atom. The van der Waals surface area contributed by atoms with E-state index < -0.39 is 20.0 Å². The molecule has 0 aliphatic heterocycles. The van der Waals surface area contributed by atoms with E-state index in [0.29, 0.717) is 23.9 Å². The van der Waals surface area contributed by atoms with Crippen molar-refractivity contribution in [3.63, 3.8) is 0 Å². The minimum Gasteiger partial charge on any atom is -0.391 e. The van der Waals surface area contributed by atoms with E-state index in [0.717, 1.165) is 109 Å². The van der Waals surface area contributed by atoms with E-state index in [9.17, 15) is 19.4 Å². The van der Waals surface area contributed by atoms with Crippen LogP contribution < -0.4 is 5.32 Å². The molecule has 72 heavy (non-hydrogen) atoms. The fourth-order valence-corrected chi connectivity index (χ4v) is 8.72. The van der Waals surface area contributed by atoms with Gasteiger partial charge in [0.05, 0.1) is 39.9 Å². The van der Waals surface area contributed by atoms with Gasteiger partial charge in [-0.3, -0.25) is 13.8 Å². The summed E-state index contributed by atoms with van der Waals surface area (Å²) >= 11 is 0. The van der Waals surface area contributed by atoms with Crippen molar-refractivity contribution in [2.24, 2.45) is 0 Å². The molecule has 0 saturated heterocycles. The van der Waals surface area contributed by atoms with Gasteiger partial charge in [0, 0.05) is 6.42 Å². The van der Waals surface area contributed by atoms with E-state index in [1.165, 1.54) is 96.3 Å². The predicted molar refractivity (Wildman–Crippen MR) is 313 cm³/mol. The van der Waals surface area contributed by atoms with Gasteiger partial charge in [-0.05, 0) is 83.5 Å². The number of phosphoric ester groups is 1. The highest BCUT2D eigenvalue weighted by atomic mass is 31.2. The summed E-state index contributed by atoms with van der Waals surface area (Å²) in [6, 6.07) is -0.774. The van der Waals surface area contributed by atoms with Crippen molar-refractivity contribution in [3.05, 3.63) is 109 Å². The van der Waals surface area contributed by atoms with Gasteiger partial charge in [-0.2, -0.15) is 0 Å². The Balaban J connectivity index is 4.17. The molecular weight excluding hydrogens is 912 g/mol. The molecule has 0 aromatic heterocycles. The van der Waals surface area contributed by atoms with E-state index in [1.807, 2.05) is 21.1 Å². The monoisotopic (exact) mass is 1020 g/mol. The number of carbonyl (C=O) groups excluding carboxylic acids is 1. The number of aliphatic hydroxyl groups excluding tert-OH is 1. The largest absolute Gasteiger partial charge is 0.472 e. The highest BCUT2D eigenvalue weighted by molar-refractivity contribution is 7.47. The van der Waals surface area contributed by atoms with E-state index in [2.05, 4.69) is 129 Å². The lowest BCUT2D eigenvalue weighted by molar-refractivity contribution is -0.870. The molecule has 9 heteroatoms. The number of nitrogens with zero attached hydrogens (tertiary/aromatic N) is 1. The van der Waals surface area contributed by atoms with Crippen molar-refractivity contribution in [2.45, 2.75) is 244 Å². The summed E-state index contributed by atoms with van der Waals surface area (Å²) in [7, 11) is 1.59. The molecule has 3 atom stereocenters. The van der Waals surface area contributed by atoms with Gasteiger partial charge in [0.15, 0.2) is 0 Å². The van der Waals surface area contributed by atoms with Gasteiger partial charge in [0.25, 0.3) is 0 Å². The maximum Gasteiger partial charge on any atom is 0.472 e. The number of unbranched alkanes of at least 4 members (excludes halogenated alkanes) is 21. The fourth-order valence-electron chi connectivity index (χ4n) is 7.98. The molecule has 0 rings (SSSR count). The third kappa shape index (κ3) is 54.9. The van der Waals surface area contributed by atoms with Crippen LogP contribution in [0, 0.1) is 0 Å². The standard InChI is InChI=1S/C63H111N2O6P/c1-6-8-10-12-14-16-18-20-22-23-24-25-26-27-28-29-30-31-32-33-34-35-36-37-38-39-40-41-43-45-47-49-51-53-55-57-63(67)64-61(60-71-72(68,69)70-59-58-65(3,4)5)62(66)56-54-52-50-48-46-44-42-21-19-17-15-13-11-9-7-2/h8,10,14,16,20,22,24-25,27-28,30-31,33-34,36-37,39-40,61-62,66H,6-7,9,11-13,15,17-19,21,23,26,29,32,35,38,41-60H2,1-5H3,(H-,64,67,68,69)/p+1/b10-8-,16-14-,22-20-,25-24-,28-27-,31-30-,34-33-,37-36-,40-39-. The molecule has 0 bridgehead atoms. The SMILES string of the molecule is CC/C=C\C/C=C\C/C=C\C/C=C\C/C=C\C/C=C\C/C=C\C/C=C\C/C=C\CCCCCCCCCC(=O)NC(COP(=O)(O)OCC[N+](C)(C)C)C(O)CCCCCCCCCCCCCCCCC. The van der Waals surface area contributed by atoms with E-state index >= 15 is 0 Å². The molecule has 0 spiro atoms. The van der Waals surface area contributed by atoms with Crippen molar-refractivity contribution < 1.29 is 32.9 Å². The number of hydrogen-bond acceptors (Lipinski definition) is 5. The molecule has 0 aromatic carbocycles. The number of aliphatic hydroxyl groups is 1. The maximum absolute atomic E-state index is 13.0. The van der Waals surface area contributed by atoms with Crippen LogP contribution in [0.5, 0.6) is 0 Å². The summed E-state index contributed by atoms with van der Waals surface area (Å²) < 4.78 is 23.7. The van der Waals surface area contributed by atoms with E-state index in [1.54, 1.807) is 0 Å². The number of hydrogen-bond donors (Lipinski definition) is 3. The van der Waals surface area contributed by atoms with E-state index in [4.69, 9.17) is 9.05 Å². The van der Waals surface area contributed by atoms with Crippen LogP contribution in [-0.4, -0.2) is 73.4 Å². The lowest BCUT2D eigenvalue weighted by Crippen LogP contribution is -2.46. The number of carbonyl (C=O) groups is 1. The molecular formula is C63H112N2O6P+. The zero-order valence-corrected chi connectivity index (χ0v) is 48.0. The summed E-state index contributed by atoms with van der Waals surface area (Å²) in [4.78, 5) is 23.3. The number of amides is 1. The number of nitrogens with one attached hydrogen (secondary N) is 1. The van der Waals surface area contributed by atoms with Gasteiger partial charge in [-0.25, -0.2) is 4.57 Å². The second kappa shape index (κ2) is 53.0. The summed E-state index contributed by atoms with van der Waals surface area (Å²) in [6.45, 7) is 4.76. The molecule has 8 nitrogen and oxygen atoms in total. The second-order valence-corrected chi connectivity index (χ2v) is 22.1. The second-order valence-electron chi connectivity index (χ2n) is 20.6. The number of phosphoric acid groups is 1. The normalized spacial score (nSPS) is 14.7. The summed E-state index contributed by atoms with van der Waals surface area (Å²) in [5.41, 5.74) is 0. The minimum absolute atomic E-state index is 0.0671. The minimum atomic E-state index is -4.33. The molecule has 0 aliphatic carbocycles. The molecule has 414 valence electrons. The Hall–Kier alpha value is -2.84. The van der Waals surface area contributed by atoms with Crippen molar-refractivity contribution in [3.8, 4) is 0 Å². The first-order valence-corrected chi connectivity index (χ1v) is 30.7. The van der Waals surface area contributed by atoms with Gasteiger partial charge >= 0.3 is 7.82 Å². The Morgan fingerprint density at radius 1 is 0.486 bits per heavy atom. The molecule has 3 N–H and O–H groups in total. The number of rotatable bonds is 52. The van der Waals surface area contributed by atoms with Crippen molar-refractivity contribution in [2.75, 3.05) is 40.9 Å². The number of allylic oxidation sites excluding steroid dienone is 18. The first kappa shape index (κ1) is 69.2. The average molecular weight is 1020 g/mol. The summed E-state index contributed by atoms with van der Waals surface area (Å²) in [5, 5.41) is 14.0. The molecule has 3 unspecified atom stereocenters. The summed E-state index contributed by atoms with van der Waals surface area (Å²) in [6.07, 6.45) is 77.1. The number of quaternary nitrogens is 1. The molecule has 0 aliphatic rings. The highest BCUT2D eigenvalue weighted by Crippen LogP contribution is 2.43. The van der Waals surface area contributed by atoms with Crippen molar-refractivity contribution in [1.29, 1.82) is 0 Å². The van der Waals surface area contributed by atoms with Gasteiger partial charge in [-0.1, -0.05) is 252 Å². The van der Waals surface area contributed by atoms with Crippen LogP contribution in [0.15, 0.2) is 109 Å². The van der Waals surface area contributed by atoms with Gasteiger partial charge in [0.1, 0.15) is 13.2 Å². The Kier molecular flexibility index (Phi) is 50.9. The van der Waals surface area contributed by atoms with Crippen LogP contribution in [0.1, 0.15) is 232 Å².